The number of benzene rings is 2. The summed E-state index contributed by atoms with van der Waals surface area (Å²) in [5.41, 5.74) is 10.7. The molecule has 1 aromatic heterocycles. The van der Waals surface area contributed by atoms with Crippen molar-refractivity contribution < 1.29 is 18.9 Å². The molecule has 3 N–H and O–H groups in total. The molecule has 4 rings (SSSR count). The molecule has 0 fully saturated rings. The number of H-pyrrole nitrogens is 1. The number of methoxy groups -OCH3 is 3. The number of fused-ring (bicyclic) bond motifs is 1. The Kier molecular flexibility index (Phi) is 5.88. The van der Waals surface area contributed by atoms with Crippen LogP contribution in [0.5, 0.6) is 23.1 Å². The number of nitrogens with zero attached hydrogens (tertiary/aromatic N) is 2. The van der Waals surface area contributed by atoms with Gasteiger partial charge in [0.05, 0.1) is 38.5 Å². The molecule has 1 atom stereocenters. The van der Waals surface area contributed by atoms with Crippen LogP contribution in [0.1, 0.15) is 42.4 Å². The second kappa shape index (κ2) is 8.79. The SMILES string of the molecule is COc1cc(-c2[nH]nc3c2[C@H](c2ccc(C(C)C)cc2)C(C#N)=C(N)O3)cc(OC)c1OC. The lowest BCUT2D eigenvalue weighted by molar-refractivity contribution is 0.324. The molecule has 2 heterocycles. The summed E-state index contributed by atoms with van der Waals surface area (Å²) in [7, 11) is 4.67. The van der Waals surface area contributed by atoms with E-state index >= 15 is 0 Å². The number of rotatable bonds is 6. The van der Waals surface area contributed by atoms with Gasteiger partial charge in [-0.2, -0.15) is 5.26 Å². The Morgan fingerprint density at radius 2 is 1.70 bits per heavy atom. The molecular formula is C25H26N4O4. The third-order valence-electron chi connectivity index (χ3n) is 5.83. The van der Waals surface area contributed by atoms with Crippen LogP contribution in [0, 0.1) is 11.3 Å². The largest absolute Gasteiger partial charge is 0.493 e. The number of nitrogens with two attached hydrogens (primary N) is 1. The van der Waals surface area contributed by atoms with E-state index in [1.807, 2.05) is 24.3 Å². The lowest BCUT2D eigenvalue weighted by Gasteiger charge is -2.24. The van der Waals surface area contributed by atoms with Gasteiger partial charge >= 0.3 is 0 Å². The third kappa shape index (κ3) is 3.72. The van der Waals surface area contributed by atoms with Crippen molar-refractivity contribution >= 4 is 0 Å². The number of aromatic nitrogens is 2. The van der Waals surface area contributed by atoms with E-state index in [2.05, 4.69) is 42.2 Å². The minimum absolute atomic E-state index is 0.0471. The molecule has 8 nitrogen and oxygen atoms in total. The number of nitriles is 1. The fourth-order valence-corrected chi connectivity index (χ4v) is 4.10. The fraction of sp³-hybridized carbons (Fsp3) is 0.280. The predicted molar refractivity (Wildman–Crippen MR) is 124 cm³/mol. The topological polar surface area (TPSA) is 115 Å². The van der Waals surface area contributed by atoms with Gasteiger partial charge in [-0.3, -0.25) is 5.10 Å². The molecule has 0 radical (unpaired) electrons. The van der Waals surface area contributed by atoms with Crippen molar-refractivity contribution in [3.63, 3.8) is 0 Å². The van der Waals surface area contributed by atoms with E-state index in [9.17, 15) is 5.26 Å². The normalized spacial score (nSPS) is 15.0. The van der Waals surface area contributed by atoms with Gasteiger partial charge in [-0.15, -0.1) is 5.10 Å². The Labute approximate surface area is 192 Å². The highest BCUT2D eigenvalue weighted by molar-refractivity contribution is 5.75. The molecule has 0 aliphatic carbocycles. The molecule has 0 spiro atoms. The molecule has 33 heavy (non-hydrogen) atoms. The molecule has 2 aromatic carbocycles. The van der Waals surface area contributed by atoms with Crippen LogP contribution in [0.2, 0.25) is 0 Å². The maximum atomic E-state index is 9.94. The van der Waals surface area contributed by atoms with Gasteiger partial charge in [0.15, 0.2) is 11.5 Å². The van der Waals surface area contributed by atoms with Crippen LogP contribution in [-0.2, 0) is 0 Å². The van der Waals surface area contributed by atoms with Gasteiger partial charge in [-0.05, 0) is 29.2 Å². The standard InChI is InChI=1S/C25H26N4O4/c1-13(2)14-6-8-15(9-7-14)20-17(12-26)24(27)33-25-21(20)22(28-29-25)16-10-18(30-3)23(32-5)19(11-16)31-4/h6-11,13,20H,27H2,1-5H3,(H,28,29)/t20-/m1/s1. The van der Waals surface area contributed by atoms with Gasteiger partial charge in [-0.25, -0.2) is 0 Å². The summed E-state index contributed by atoms with van der Waals surface area (Å²) in [5, 5.41) is 17.3. The van der Waals surface area contributed by atoms with Gasteiger partial charge in [0.25, 0.3) is 0 Å². The van der Waals surface area contributed by atoms with Crippen LogP contribution in [0.3, 0.4) is 0 Å². The molecular weight excluding hydrogens is 420 g/mol. The van der Waals surface area contributed by atoms with E-state index < -0.39 is 5.92 Å². The van der Waals surface area contributed by atoms with Crippen LogP contribution in [0.25, 0.3) is 11.3 Å². The average Bonchev–Trinajstić information content (AvgIpc) is 3.25. The Morgan fingerprint density at radius 1 is 1.06 bits per heavy atom. The second-order valence-electron chi connectivity index (χ2n) is 7.98. The summed E-state index contributed by atoms with van der Waals surface area (Å²) >= 11 is 0. The summed E-state index contributed by atoms with van der Waals surface area (Å²) in [6.07, 6.45) is 0. The molecule has 0 saturated carbocycles. The van der Waals surface area contributed by atoms with Gasteiger partial charge in [-0.1, -0.05) is 38.1 Å². The maximum Gasteiger partial charge on any atom is 0.244 e. The first kappa shape index (κ1) is 22.1. The Morgan fingerprint density at radius 3 is 2.21 bits per heavy atom. The fourth-order valence-electron chi connectivity index (χ4n) is 4.10. The summed E-state index contributed by atoms with van der Waals surface area (Å²) in [5.74, 6) is 1.80. The molecule has 0 bridgehead atoms. The predicted octanol–water partition coefficient (Wildman–Crippen LogP) is 4.44. The zero-order valence-electron chi connectivity index (χ0n) is 19.2. The van der Waals surface area contributed by atoms with Crippen molar-refractivity contribution in [2.75, 3.05) is 21.3 Å². The van der Waals surface area contributed by atoms with Crippen molar-refractivity contribution in [1.29, 1.82) is 5.26 Å². The van der Waals surface area contributed by atoms with Crippen molar-refractivity contribution in [2.24, 2.45) is 5.73 Å². The number of hydrogen-bond acceptors (Lipinski definition) is 7. The highest BCUT2D eigenvalue weighted by Gasteiger charge is 2.36. The number of allylic oxidation sites excluding steroid dienone is 1. The lowest BCUT2D eigenvalue weighted by atomic mass is 9.82. The van der Waals surface area contributed by atoms with Crippen molar-refractivity contribution in [1.82, 2.24) is 10.2 Å². The Bertz CT molecular complexity index is 1230. The molecule has 3 aromatic rings. The first-order valence-corrected chi connectivity index (χ1v) is 10.5. The molecule has 0 amide bonds. The van der Waals surface area contributed by atoms with E-state index in [-0.39, 0.29) is 5.88 Å². The number of aromatic amines is 1. The summed E-state index contributed by atoms with van der Waals surface area (Å²) < 4.78 is 22.2. The maximum absolute atomic E-state index is 9.94. The zero-order valence-corrected chi connectivity index (χ0v) is 19.2. The van der Waals surface area contributed by atoms with Gasteiger partial charge in [0.1, 0.15) is 11.6 Å². The van der Waals surface area contributed by atoms with Crippen LogP contribution in [-0.4, -0.2) is 31.5 Å². The molecule has 0 saturated heterocycles. The quantitative estimate of drug-likeness (QED) is 0.575. The summed E-state index contributed by atoms with van der Waals surface area (Å²) in [6.45, 7) is 4.28. The first-order valence-electron chi connectivity index (χ1n) is 10.5. The first-order chi connectivity index (χ1) is 15.9. The van der Waals surface area contributed by atoms with E-state index in [1.54, 1.807) is 21.3 Å². The van der Waals surface area contributed by atoms with E-state index in [0.717, 1.165) is 11.1 Å². The van der Waals surface area contributed by atoms with E-state index in [0.29, 0.717) is 45.9 Å². The molecule has 170 valence electrons. The highest BCUT2D eigenvalue weighted by Crippen LogP contribution is 2.48. The van der Waals surface area contributed by atoms with E-state index in [1.165, 1.54) is 5.56 Å². The number of nitrogens with one attached hydrogen (secondary N) is 1. The zero-order chi connectivity index (χ0) is 23.7. The smallest absolute Gasteiger partial charge is 0.244 e. The highest BCUT2D eigenvalue weighted by atomic mass is 16.5. The van der Waals surface area contributed by atoms with Gasteiger partial charge in [0.2, 0.25) is 17.5 Å². The summed E-state index contributed by atoms with van der Waals surface area (Å²) in [4.78, 5) is 0. The molecule has 1 aliphatic heterocycles. The van der Waals surface area contributed by atoms with Crippen LogP contribution in [0.4, 0.5) is 0 Å². The number of ether oxygens (including phenoxy) is 4. The van der Waals surface area contributed by atoms with Crippen molar-refractivity contribution in [3.05, 3.63) is 64.5 Å². The second-order valence-corrected chi connectivity index (χ2v) is 7.98. The van der Waals surface area contributed by atoms with Gasteiger partial charge < -0.3 is 24.7 Å². The average molecular weight is 447 g/mol. The van der Waals surface area contributed by atoms with Crippen LogP contribution >= 0.6 is 0 Å². The van der Waals surface area contributed by atoms with E-state index in [4.69, 9.17) is 24.7 Å². The Balaban J connectivity index is 1.92. The molecule has 8 heteroatoms. The minimum Gasteiger partial charge on any atom is -0.493 e. The monoisotopic (exact) mass is 446 g/mol. The van der Waals surface area contributed by atoms with Crippen LogP contribution < -0.4 is 24.7 Å². The van der Waals surface area contributed by atoms with Gasteiger partial charge in [0, 0.05) is 5.56 Å². The molecule has 0 unspecified atom stereocenters. The lowest BCUT2D eigenvalue weighted by Crippen LogP contribution is -2.21. The number of hydrogen-bond donors (Lipinski definition) is 2. The third-order valence-corrected chi connectivity index (χ3v) is 5.83. The van der Waals surface area contributed by atoms with Crippen molar-refractivity contribution in [2.45, 2.75) is 25.7 Å². The van der Waals surface area contributed by atoms with Crippen molar-refractivity contribution in [3.8, 4) is 40.5 Å². The van der Waals surface area contributed by atoms with Crippen LogP contribution in [0.15, 0.2) is 47.9 Å². The summed E-state index contributed by atoms with van der Waals surface area (Å²) in [6, 6.07) is 14.1. The minimum atomic E-state index is -0.451. The Hall–Kier alpha value is -4.12. The molecule has 1 aliphatic rings.